The zero-order chi connectivity index (χ0) is 16.3. The summed E-state index contributed by atoms with van der Waals surface area (Å²) < 4.78 is 1.90. The van der Waals surface area contributed by atoms with Crippen molar-refractivity contribution in [3.63, 3.8) is 0 Å². The highest BCUT2D eigenvalue weighted by atomic mass is 16.4. The summed E-state index contributed by atoms with van der Waals surface area (Å²) in [6.45, 7) is 5.81. The van der Waals surface area contributed by atoms with Gasteiger partial charge in [0.2, 0.25) is 5.91 Å². The lowest BCUT2D eigenvalue weighted by Gasteiger charge is -2.20. The number of aromatic nitrogens is 1. The second-order valence-electron chi connectivity index (χ2n) is 5.70. The number of hydrogen-bond acceptors (Lipinski definition) is 2. The number of amides is 1. The smallest absolute Gasteiger partial charge is 0.326 e. The summed E-state index contributed by atoms with van der Waals surface area (Å²) in [6, 6.07) is 9.01. The molecule has 5 nitrogen and oxygen atoms in total. The normalized spacial score (nSPS) is 13.8. The van der Waals surface area contributed by atoms with Gasteiger partial charge in [0.1, 0.15) is 12.6 Å². The monoisotopic (exact) mass is 302 g/mol. The highest BCUT2D eigenvalue weighted by Gasteiger charge is 2.25. The van der Waals surface area contributed by atoms with Crippen LogP contribution >= 0.6 is 0 Å². The summed E-state index contributed by atoms with van der Waals surface area (Å²) in [5, 5.41) is 13.0. The summed E-state index contributed by atoms with van der Waals surface area (Å²) in [6.07, 6.45) is 0.697. The molecule has 0 saturated heterocycles. The fraction of sp³-hybridized carbons (Fsp3) is 0.412. The van der Waals surface area contributed by atoms with Crippen molar-refractivity contribution in [3.05, 3.63) is 36.0 Å². The molecular formula is C17H22N2O3. The lowest BCUT2D eigenvalue weighted by atomic mass is 9.99. The van der Waals surface area contributed by atoms with Gasteiger partial charge in [0.15, 0.2) is 0 Å². The molecule has 118 valence electrons. The van der Waals surface area contributed by atoms with Crippen LogP contribution < -0.4 is 5.32 Å². The minimum Gasteiger partial charge on any atom is -0.480 e. The van der Waals surface area contributed by atoms with Crippen LogP contribution in [0, 0.1) is 12.8 Å². The van der Waals surface area contributed by atoms with Gasteiger partial charge in [-0.15, -0.1) is 0 Å². The van der Waals surface area contributed by atoms with E-state index in [0.29, 0.717) is 6.42 Å². The van der Waals surface area contributed by atoms with Crippen LogP contribution in [-0.2, 0) is 16.1 Å². The van der Waals surface area contributed by atoms with E-state index in [-0.39, 0.29) is 18.4 Å². The van der Waals surface area contributed by atoms with E-state index >= 15 is 0 Å². The minimum absolute atomic E-state index is 0.107. The van der Waals surface area contributed by atoms with E-state index in [0.717, 1.165) is 16.6 Å². The van der Waals surface area contributed by atoms with E-state index in [1.165, 1.54) is 0 Å². The van der Waals surface area contributed by atoms with E-state index < -0.39 is 12.0 Å². The molecule has 2 rings (SSSR count). The Bertz CT molecular complexity index is 690. The molecule has 1 aromatic heterocycles. The molecule has 0 spiro atoms. The number of nitrogens with zero attached hydrogens (tertiary/aromatic N) is 1. The van der Waals surface area contributed by atoms with Crippen molar-refractivity contribution in [2.45, 2.75) is 39.8 Å². The summed E-state index contributed by atoms with van der Waals surface area (Å²) in [5.74, 6) is -1.38. The molecule has 0 unspecified atom stereocenters. The number of carbonyl (C=O) groups excluding carboxylic acids is 1. The first-order valence-corrected chi connectivity index (χ1v) is 7.51. The molecule has 1 heterocycles. The zero-order valence-electron chi connectivity index (χ0n) is 13.2. The number of aliphatic carboxylic acids is 1. The van der Waals surface area contributed by atoms with Gasteiger partial charge in [-0.05, 0) is 30.4 Å². The van der Waals surface area contributed by atoms with Crippen LogP contribution in [-0.4, -0.2) is 27.6 Å². The lowest BCUT2D eigenvalue weighted by molar-refractivity contribution is -0.143. The molecule has 2 N–H and O–H groups in total. The number of carbonyl (C=O) groups is 2. The number of carboxylic acid groups (broad SMARTS) is 1. The summed E-state index contributed by atoms with van der Waals surface area (Å²) >= 11 is 0. The number of fused-ring (bicyclic) bond motifs is 1. The average Bonchev–Trinajstić information content (AvgIpc) is 2.80. The van der Waals surface area contributed by atoms with Gasteiger partial charge in [-0.1, -0.05) is 38.5 Å². The lowest BCUT2D eigenvalue weighted by Crippen LogP contribution is -2.46. The third-order valence-corrected chi connectivity index (χ3v) is 4.11. The first-order chi connectivity index (χ1) is 10.4. The predicted octanol–water partition coefficient (Wildman–Crippen LogP) is 2.57. The van der Waals surface area contributed by atoms with Crippen LogP contribution in [0.5, 0.6) is 0 Å². The Morgan fingerprint density at radius 3 is 2.64 bits per heavy atom. The largest absolute Gasteiger partial charge is 0.480 e. The molecule has 5 heteroatoms. The van der Waals surface area contributed by atoms with Crippen molar-refractivity contribution in [1.82, 2.24) is 9.88 Å². The van der Waals surface area contributed by atoms with Crippen molar-refractivity contribution in [1.29, 1.82) is 0 Å². The van der Waals surface area contributed by atoms with Gasteiger partial charge in [-0.2, -0.15) is 0 Å². The van der Waals surface area contributed by atoms with Gasteiger partial charge >= 0.3 is 5.97 Å². The molecule has 1 amide bonds. The number of para-hydroxylation sites is 1. The molecular weight excluding hydrogens is 280 g/mol. The average molecular weight is 302 g/mol. The molecule has 1 aromatic carbocycles. The van der Waals surface area contributed by atoms with E-state index in [1.807, 2.05) is 55.7 Å². The molecule has 0 saturated carbocycles. The van der Waals surface area contributed by atoms with Crippen LogP contribution in [0.3, 0.4) is 0 Å². The van der Waals surface area contributed by atoms with Gasteiger partial charge in [0.25, 0.3) is 0 Å². The molecule has 0 aliphatic heterocycles. The maximum absolute atomic E-state index is 12.2. The fourth-order valence-electron chi connectivity index (χ4n) is 2.60. The van der Waals surface area contributed by atoms with Gasteiger partial charge < -0.3 is 15.0 Å². The van der Waals surface area contributed by atoms with Gasteiger partial charge in [-0.3, -0.25) is 4.79 Å². The van der Waals surface area contributed by atoms with Crippen LogP contribution in [0.2, 0.25) is 0 Å². The number of carboxylic acids is 1. The van der Waals surface area contributed by atoms with Crippen molar-refractivity contribution in [2.24, 2.45) is 5.92 Å². The topological polar surface area (TPSA) is 71.3 Å². The van der Waals surface area contributed by atoms with Gasteiger partial charge in [0.05, 0.1) is 0 Å². The zero-order valence-corrected chi connectivity index (χ0v) is 13.2. The highest BCUT2D eigenvalue weighted by Crippen LogP contribution is 2.19. The fourth-order valence-corrected chi connectivity index (χ4v) is 2.60. The Labute approximate surface area is 129 Å². The molecule has 2 aromatic rings. The van der Waals surface area contributed by atoms with Crippen molar-refractivity contribution in [2.75, 3.05) is 0 Å². The molecule has 0 aliphatic carbocycles. The van der Waals surface area contributed by atoms with Crippen molar-refractivity contribution >= 4 is 22.8 Å². The Morgan fingerprint density at radius 1 is 1.32 bits per heavy atom. The molecule has 22 heavy (non-hydrogen) atoms. The van der Waals surface area contributed by atoms with Gasteiger partial charge in [0, 0.05) is 11.2 Å². The highest BCUT2D eigenvalue weighted by molar-refractivity contribution is 5.86. The van der Waals surface area contributed by atoms with Gasteiger partial charge in [-0.25, -0.2) is 4.79 Å². The second kappa shape index (κ2) is 6.64. The molecule has 2 atom stereocenters. The first kappa shape index (κ1) is 16.1. The second-order valence-corrected chi connectivity index (χ2v) is 5.70. The summed E-state index contributed by atoms with van der Waals surface area (Å²) in [4.78, 5) is 23.5. The maximum atomic E-state index is 12.2. The molecule has 0 aliphatic rings. The van der Waals surface area contributed by atoms with E-state index in [9.17, 15) is 14.7 Å². The Balaban J connectivity index is 2.17. The summed E-state index contributed by atoms with van der Waals surface area (Å²) in [7, 11) is 0. The van der Waals surface area contributed by atoms with Crippen LogP contribution in [0.4, 0.5) is 0 Å². The SMILES string of the molecule is CC[C@@H](C)[C@H](NC(=O)Cn1c(C)cc2ccccc21)C(=O)O. The third kappa shape index (κ3) is 3.30. The number of rotatable bonds is 6. The Morgan fingerprint density at radius 2 is 2.00 bits per heavy atom. The summed E-state index contributed by atoms with van der Waals surface area (Å²) in [5.41, 5.74) is 1.96. The first-order valence-electron chi connectivity index (χ1n) is 7.51. The van der Waals surface area contributed by atoms with Crippen LogP contribution in [0.25, 0.3) is 10.9 Å². The third-order valence-electron chi connectivity index (χ3n) is 4.11. The van der Waals surface area contributed by atoms with E-state index in [2.05, 4.69) is 5.32 Å². The quantitative estimate of drug-likeness (QED) is 0.861. The molecule has 0 radical (unpaired) electrons. The van der Waals surface area contributed by atoms with Crippen LogP contribution in [0.1, 0.15) is 26.0 Å². The van der Waals surface area contributed by atoms with E-state index in [1.54, 1.807) is 0 Å². The van der Waals surface area contributed by atoms with Crippen molar-refractivity contribution < 1.29 is 14.7 Å². The Hall–Kier alpha value is -2.30. The number of nitrogens with one attached hydrogen (secondary N) is 1. The molecule has 0 bridgehead atoms. The standard InChI is InChI=1S/C17H22N2O3/c1-4-11(2)16(17(21)22)18-15(20)10-19-12(3)9-13-7-5-6-8-14(13)19/h5-9,11,16H,4,10H2,1-3H3,(H,18,20)(H,21,22)/t11-,16+/m1/s1. The van der Waals surface area contributed by atoms with E-state index in [4.69, 9.17) is 0 Å². The molecule has 0 fully saturated rings. The number of benzene rings is 1. The Kier molecular flexibility index (Phi) is 4.85. The minimum atomic E-state index is -0.989. The van der Waals surface area contributed by atoms with Crippen LogP contribution in [0.15, 0.2) is 30.3 Å². The maximum Gasteiger partial charge on any atom is 0.326 e. The van der Waals surface area contributed by atoms with Crippen molar-refractivity contribution in [3.8, 4) is 0 Å². The number of aryl methyl sites for hydroxylation is 1. The predicted molar refractivity (Wildman–Crippen MR) is 85.7 cm³/mol. The number of hydrogen-bond donors (Lipinski definition) is 2.